The Kier molecular flexibility index (Phi) is 6.35. The second kappa shape index (κ2) is 8.48. The molecule has 0 bridgehead atoms. The first kappa shape index (κ1) is 18.7. The Bertz CT molecular complexity index is 821. The highest BCUT2D eigenvalue weighted by atomic mass is 14.8. The average Bonchev–Trinajstić information content (AvgIpc) is 2.61. The van der Waals surface area contributed by atoms with E-state index in [9.17, 15) is 0 Å². The van der Waals surface area contributed by atoms with Crippen molar-refractivity contribution in [2.75, 3.05) is 7.05 Å². The molecule has 1 N–H and O–H groups in total. The third-order valence-electron chi connectivity index (χ3n) is 4.23. The Hall–Kier alpha value is -2.61. The Balaban J connectivity index is 2.79. The molecule has 0 saturated heterocycles. The van der Waals surface area contributed by atoms with Gasteiger partial charge in [0.1, 0.15) is 0 Å². The van der Waals surface area contributed by atoms with Gasteiger partial charge in [0.25, 0.3) is 0 Å². The molecule has 0 radical (unpaired) electrons. The third kappa shape index (κ3) is 4.27. The van der Waals surface area contributed by atoms with Gasteiger partial charge < -0.3 is 5.32 Å². The minimum Gasteiger partial charge on any atom is -0.388 e. The highest BCUT2D eigenvalue weighted by Crippen LogP contribution is 2.33. The van der Waals surface area contributed by atoms with Crippen molar-refractivity contribution < 1.29 is 0 Å². The van der Waals surface area contributed by atoms with E-state index in [4.69, 9.17) is 4.98 Å². The summed E-state index contributed by atoms with van der Waals surface area (Å²) in [5.74, 6) is 0. The molecule has 2 nitrogen and oxygen atoms in total. The summed E-state index contributed by atoms with van der Waals surface area (Å²) >= 11 is 0. The van der Waals surface area contributed by atoms with Crippen molar-refractivity contribution in [3.8, 4) is 11.1 Å². The number of nitrogens with zero attached hydrogens (tertiary/aromatic N) is 1. The maximum absolute atomic E-state index is 4.89. The van der Waals surface area contributed by atoms with Gasteiger partial charge in [0, 0.05) is 24.0 Å². The summed E-state index contributed by atoms with van der Waals surface area (Å²) in [6.07, 6.45) is 6.19. The van der Waals surface area contributed by atoms with E-state index in [0.717, 1.165) is 22.7 Å². The van der Waals surface area contributed by atoms with Gasteiger partial charge in [-0.2, -0.15) is 0 Å². The molecule has 1 heterocycles. The lowest BCUT2D eigenvalue weighted by atomic mass is 9.93. The van der Waals surface area contributed by atoms with Crippen molar-refractivity contribution in [1.82, 2.24) is 10.3 Å². The van der Waals surface area contributed by atoms with Crippen molar-refractivity contribution >= 4 is 11.3 Å². The van der Waals surface area contributed by atoms with Gasteiger partial charge in [-0.3, -0.25) is 4.98 Å². The summed E-state index contributed by atoms with van der Waals surface area (Å²) in [7, 11) is 1.97. The number of hydrogen-bond donors (Lipinski definition) is 1. The van der Waals surface area contributed by atoms with Crippen LogP contribution in [0.15, 0.2) is 60.2 Å². The lowest BCUT2D eigenvalue weighted by molar-refractivity contribution is 1.06. The largest absolute Gasteiger partial charge is 0.388 e. The highest BCUT2D eigenvalue weighted by Gasteiger charge is 2.16. The molecule has 0 saturated carbocycles. The fourth-order valence-electron chi connectivity index (χ4n) is 2.99. The second-order valence-electron chi connectivity index (χ2n) is 6.38. The minimum atomic E-state index is 1.02. The molecule has 0 aliphatic heterocycles. The summed E-state index contributed by atoms with van der Waals surface area (Å²) in [6.45, 7) is 10.5. The van der Waals surface area contributed by atoms with Crippen LogP contribution in [0.1, 0.15) is 44.6 Å². The Morgan fingerprint density at radius 1 is 1.08 bits per heavy atom. The van der Waals surface area contributed by atoms with Gasteiger partial charge in [-0.15, -0.1) is 0 Å². The number of pyridine rings is 1. The first-order chi connectivity index (χ1) is 12.0. The van der Waals surface area contributed by atoms with Crippen molar-refractivity contribution in [3.63, 3.8) is 0 Å². The second-order valence-corrected chi connectivity index (χ2v) is 6.38. The fourth-order valence-corrected chi connectivity index (χ4v) is 2.99. The first-order valence-electron chi connectivity index (χ1n) is 8.72. The molecule has 2 heteroatoms. The molecule has 0 atom stereocenters. The summed E-state index contributed by atoms with van der Waals surface area (Å²) in [5.41, 5.74) is 9.20. The van der Waals surface area contributed by atoms with E-state index < -0.39 is 0 Å². The first-order valence-corrected chi connectivity index (χ1v) is 8.72. The smallest absolute Gasteiger partial charge is 0.0668 e. The maximum atomic E-state index is 4.89. The molecule has 0 aliphatic rings. The van der Waals surface area contributed by atoms with Crippen molar-refractivity contribution in [2.45, 2.75) is 34.6 Å². The van der Waals surface area contributed by atoms with Gasteiger partial charge in [0.2, 0.25) is 0 Å². The number of hydrogen-bond acceptors (Lipinski definition) is 2. The van der Waals surface area contributed by atoms with Crippen LogP contribution in [0, 0.1) is 6.92 Å². The van der Waals surface area contributed by atoms with Crippen LogP contribution in [0.5, 0.6) is 0 Å². The molecule has 25 heavy (non-hydrogen) atoms. The van der Waals surface area contributed by atoms with E-state index in [-0.39, 0.29) is 0 Å². The van der Waals surface area contributed by atoms with Crippen LogP contribution in [0.4, 0.5) is 0 Å². The number of nitrogens with one attached hydrogen (secondary N) is 1. The normalized spacial score (nSPS) is 11.7. The highest BCUT2D eigenvalue weighted by molar-refractivity contribution is 5.84. The standard InChI is InChI=1S/C23H28N2/c1-7-8-12-17(4)21-15-20(19-13-10-9-11-14-19)22(18(5)25-21)23(24-6)16(2)3/h7-15,24H,1-6H3/b8-7-,17-12+. The molecular formula is C23H28N2. The Labute approximate surface area is 152 Å². The summed E-state index contributed by atoms with van der Waals surface area (Å²) < 4.78 is 0. The molecular weight excluding hydrogens is 304 g/mol. The lowest BCUT2D eigenvalue weighted by Crippen LogP contribution is -2.11. The molecule has 2 aromatic rings. The molecule has 1 aromatic carbocycles. The van der Waals surface area contributed by atoms with Crippen molar-refractivity contribution in [3.05, 3.63) is 77.2 Å². The van der Waals surface area contributed by atoms with Crippen LogP contribution in [-0.4, -0.2) is 12.0 Å². The zero-order valence-corrected chi connectivity index (χ0v) is 16.1. The zero-order valence-electron chi connectivity index (χ0n) is 16.1. The average molecular weight is 332 g/mol. The van der Waals surface area contributed by atoms with Crippen LogP contribution >= 0.6 is 0 Å². The minimum absolute atomic E-state index is 1.02. The monoisotopic (exact) mass is 332 g/mol. The number of benzene rings is 1. The van der Waals surface area contributed by atoms with E-state index in [1.54, 1.807) is 0 Å². The molecule has 130 valence electrons. The van der Waals surface area contributed by atoms with Crippen LogP contribution < -0.4 is 5.32 Å². The summed E-state index contributed by atoms with van der Waals surface area (Å²) in [6, 6.07) is 12.7. The zero-order chi connectivity index (χ0) is 18.4. The molecule has 0 aliphatic carbocycles. The van der Waals surface area contributed by atoms with Crippen molar-refractivity contribution in [1.29, 1.82) is 0 Å². The lowest BCUT2D eigenvalue weighted by Gasteiger charge is -2.19. The van der Waals surface area contributed by atoms with Gasteiger partial charge in [-0.05, 0) is 57.4 Å². The molecule has 2 rings (SSSR count). The van der Waals surface area contributed by atoms with Gasteiger partial charge in [0.15, 0.2) is 0 Å². The Morgan fingerprint density at radius 2 is 1.76 bits per heavy atom. The SMILES string of the molecule is C/C=C\C=C(/C)c1cc(-c2ccccc2)c(C(NC)=C(C)C)c(C)n1. The van der Waals surface area contributed by atoms with Crippen LogP contribution in [0.3, 0.4) is 0 Å². The number of allylic oxidation sites excluding steroid dienone is 5. The van der Waals surface area contributed by atoms with E-state index in [2.05, 4.69) is 81.6 Å². The molecule has 0 fully saturated rings. The van der Waals surface area contributed by atoms with Crippen LogP contribution in [0.2, 0.25) is 0 Å². The quantitative estimate of drug-likeness (QED) is 0.679. The van der Waals surface area contributed by atoms with E-state index in [0.29, 0.717) is 0 Å². The fraction of sp³-hybridized carbons (Fsp3) is 0.261. The summed E-state index contributed by atoms with van der Waals surface area (Å²) in [5, 5.41) is 3.37. The van der Waals surface area contributed by atoms with E-state index in [1.807, 2.05) is 20.0 Å². The molecule has 0 unspecified atom stereocenters. The predicted molar refractivity (Wildman–Crippen MR) is 110 cm³/mol. The van der Waals surface area contributed by atoms with Crippen molar-refractivity contribution in [2.24, 2.45) is 0 Å². The van der Waals surface area contributed by atoms with Gasteiger partial charge in [0.05, 0.1) is 5.69 Å². The summed E-state index contributed by atoms with van der Waals surface area (Å²) in [4.78, 5) is 4.89. The predicted octanol–water partition coefficient (Wildman–Crippen LogP) is 6.01. The topological polar surface area (TPSA) is 24.9 Å². The maximum Gasteiger partial charge on any atom is 0.0668 e. The molecule has 0 amide bonds. The number of aryl methyl sites for hydroxylation is 1. The number of aromatic nitrogens is 1. The van der Waals surface area contributed by atoms with E-state index in [1.165, 1.54) is 22.3 Å². The van der Waals surface area contributed by atoms with E-state index >= 15 is 0 Å². The molecule has 1 aromatic heterocycles. The third-order valence-corrected chi connectivity index (χ3v) is 4.23. The van der Waals surface area contributed by atoms with Gasteiger partial charge in [-0.25, -0.2) is 0 Å². The number of rotatable bonds is 5. The van der Waals surface area contributed by atoms with Crippen LogP contribution in [0.25, 0.3) is 22.4 Å². The van der Waals surface area contributed by atoms with Gasteiger partial charge >= 0.3 is 0 Å². The van der Waals surface area contributed by atoms with Gasteiger partial charge in [-0.1, -0.05) is 54.1 Å². The Morgan fingerprint density at radius 3 is 2.32 bits per heavy atom. The van der Waals surface area contributed by atoms with Crippen LogP contribution in [-0.2, 0) is 0 Å². The molecule has 0 spiro atoms.